The molecule has 27 heavy (non-hydrogen) atoms. The summed E-state index contributed by atoms with van der Waals surface area (Å²) in [6.45, 7) is 12.3. The number of aliphatic hydroxyl groups is 1. The van der Waals surface area contributed by atoms with Gasteiger partial charge in [0.05, 0.1) is 17.9 Å². The lowest BCUT2D eigenvalue weighted by Gasteiger charge is -2.37. The number of amides is 1. The van der Waals surface area contributed by atoms with Crippen molar-refractivity contribution in [3.8, 4) is 0 Å². The van der Waals surface area contributed by atoms with Crippen LogP contribution in [0.4, 0.5) is 0 Å². The summed E-state index contributed by atoms with van der Waals surface area (Å²) in [5.74, 6) is 1.42. The van der Waals surface area contributed by atoms with Crippen molar-refractivity contribution in [2.75, 3.05) is 39.3 Å². The van der Waals surface area contributed by atoms with E-state index in [1.54, 1.807) is 0 Å². The topological polar surface area (TPSA) is 79.0 Å². The van der Waals surface area contributed by atoms with Gasteiger partial charge in [-0.15, -0.1) is 0 Å². The minimum Gasteiger partial charge on any atom is -0.396 e. The number of aliphatic hydroxyl groups excluding tert-OH is 1. The zero-order valence-electron chi connectivity index (χ0n) is 17.0. The predicted octanol–water partition coefficient (Wildman–Crippen LogP) is 1.40. The average molecular weight is 380 g/mol. The van der Waals surface area contributed by atoms with E-state index in [4.69, 9.17) is 9.26 Å². The van der Waals surface area contributed by atoms with Crippen LogP contribution < -0.4 is 0 Å². The zero-order chi connectivity index (χ0) is 19.6. The number of nitrogens with zero attached hydrogens (tertiary/aromatic N) is 3. The molecule has 2 fully saturated rings. The van der Waals surface area contributed by atoms with E-state index in [-0.39, 0.29) is 30.6 Å². The van der Waals surface area contributed by atoms with Crippen molar-refractivity contribution in [1.82, 2.24) is 15.0 Å². The van der Waals surface area contributed by atoms with Crippen LogP contribution in [0.3, 0.4) is 0 Å². The van der Waals surface area contributed by atoms with Crippen LogP contribution in [0.15, 0.2) is 4.52 Å². The maximum absolute atomic E-state index is 12.7. The molecule has 2 aliphatic rings. The SMILES string of the molecule is Cc1noc(C)c1CCC(=O)N1C[C@@H](CO)[C@@H](CN2C[C@@H](C)O[C@@H](C)C2)C1. The third kappa shape index (κ3) is 4.89. The van der Waals surface area contributed by atoms with Crippen molar-refractivity contribution in [3.63, 3.8) is 0 Å². The number of hydrogen-bond acceptors (Lipinski definition) is 6. The van der Waals surface area contributed by atoms with Gasteiger partial charge in [0.1, 0.15) is 5.76 Å². The van der Waals surface area contributed by atoms with Crippen LogP contribution in [-0.2, 0) is 16.0 Å². The van der Waals surface area contributed by atoms with Crippen LogP contribution in [0, 0.1) is 25.7 Å². The van der Waals surface area contributed by atoms with Crippen LogP contribution >= 0.6 is 0 Å². The van der Waals surface area contributed by atoms with Crippen molar-refractivity contribution in [3.05, 3.63) is 17.0 Å². The number of likely N-dealkylation sites (tertiary alicyclic amines) is 1. The van der Waals surface area contributed by atoms with Gasteiger partial charge in [0, 0.05) is 57.2 Å². The summed E-state index contributed by atoms with van der Waals surface area (Å²) < 4.78 is 11.0. The van der Waals surface area contributed by atoms with Gasteiger partial charge in [0.25, 0.3) is 0 Å². The number of aryl methyl sites for hydroxylation is 2. The molecule has 0 unspecified atom stereocenters. The van der Waals surface area contributed by atoms with Crippen molar-refractivity contribution >= 4 is 5.91 Å². The Bertz CT molecular complexity index is 618. The number of ether oxygens (including phenoxy) is 1. The van der Waals surface area contributed by atoms with Crippen molar-refractivity contribution < 1.29 is 19.2 Å². The molecule has 152 valence electrons. The lowest BCUT2D eigenvalue weighted by molar-refractivity contribution is -0.130. The molecule has 1 amide bonds. The highest BCUT2D eigenvalue weighted by Gasteiger charge is 2.36. The monoisotopic (exact) mass is 379 g/mol. The highest BCUT2D eigenvalue weighted by atomic mass is 16.5. The van der Waals surface area contributed by atoms with Gasteiger partial charge in [-0.25, -0.2) is 0 Å². The second-order valence-corrected chi connectivity index (χ2v) is 8.28. The Hall–Kier alpha value is -1.44. The minimum atomic E-state index is 0.133. The van der Waals surface area contributed by atoms with Crippen molar-refractivity contribution in [2.45, 2.75) is 52.7 Å². The lowest BCUT2D eigenvalue weighted by Crippen LogP contribution is -2.48. The molecule has 1 aromatic rings. The quantitative estimate of drug-likeness (QED) is 0.805. The van der Waals surface area contributed by atoms with Crippen molar-refractivity contribution in [1.29, 1.82) is 0 Å². The smallest absolute Gasteiger partial charge is 0.222 e. The molecule has 7 nitrogen and oxygen atoms in total. The van der Waals surface area contributed by atoms with Crippen LogP contribution in [0.5, 0.6) is 0 Å². The third-order valence-corrected chi connectivity index (χ3v) is 5.92. The van der Waals surface area contributed by atoms with E-state index in [1.807, 2.05) is 18.7 Å². The minimum absolute atomic E-state index is 0.133. The first-order chi connectivity index (χ1) is 12.9. The molecule has 0 radical (unpaired) electrons. The van der Waals surface area contributed by atoms with Gasteiger partial charge in [-0.05, 0) is 40.0 Å². The Morgan fingerprint density at radius 1 is 1.15 bits per heavy atom. The highest BCUT2D eigenvalue weighted by Crippen LogP contribution is 2.26. The number of morpholine rings is 1. The Morgan fingerprint density at radius 3 is 2.41 bits per heavy atom. The number of carbonyl (C=O) groups is 1. The van der Waals surface area contributed by atoms with Crippen molar-refractivity contribution in [2.24, 2.45) is 11.8 Å². The standard InChI is InChI=1S/C20H33N3O4/c1-13-7-22(8-14(2)26-13)9-17-10-23(11-18(17)12-24)20(25)6-5-19-15(3)21-27-16(19)4/h13-14,17-18,24H,5-12H2,1-4H3/t13-,14+,17-,18-/m0/s1. The zero-order valence-corrected chi connectivity index (χ0v) is 17.0. The largest absolute Gasteiger partial charge is 0.396 e. The van der Waals surface area contributed by atoms with E-state index >= 15 is 0 Å². The summed E-state index contributed by atoms with van der Waals surface area (Å²) in [4.78, 5) is 17.1. The molecule has 2 saturated heterocycles. The molecule has 0 bridgehead atoms. The Kier molecular flexibility index (Phi) is 6.55. The molecule has 0 spiro atoms. The first-order valence-corrected chi connectivity index (χ1v) is 10.1. The molecule has 3 rings (SSSR count). The summed E-state index contributed by atoms with van der Waals surface area (Å²) in [6.07, 6.45) is 1.58. The van der Waals surface area contributed by atoms with Crippen LogP contribution in [0.2, 0.25) is 0 Å². The van der Waals surface area contributed by atoms with E-state index in [0.29, 0.717) is 25.3 Å². The van der Waals surface area contributed by atoms with Crippen LogP contribution in [-0.4, -0.2) is 77.5 Å². The average Bonchev–Trinajstić information content (AvgIpc) is 3.15. The van der Waals surface area contributed by atoms with Crippen LogP contribution in [0.1, 0.15) is 37.3 Å². The molecule has 0 aromatic carbocycles. The second kappa shape index (κ2) is 8.71. The summed E-state index contributed by atoms with van der Waals surface area (Å²) in [5.41, 5.74) is 1.90. The number of aromatic nitrogens is 1. The number of carbonyl (C=O) groups excluding carboxylic acids is 1. The lowest BCUT2D eigenvalue weighted by atomic mass is 9.96. The Morgan fingerprint density at radius 2 is 1.81 bits per heavy atom. The van der Waals surface area contributed by atoms with Gasteiger partial charge >= 0.3 is 0 Å². The van der Waals surface area contributed by atoms with Gasteiger partial charge < -0.3 is 19.3 Å². The summed E-state index contributed by atoms with van der Waals surface area (Å²) >= 11 is 0. The fourth-order valence-corrected chi connectivity index (χ4v) is 4.57. The molecular formula is C20H33N3O4. The molecule has 0 aliphatic carbocycles. The second-order valence-electron chi connectivity index (χ2n) is 8.28. The van der Waals surface area contributed by atoms with Gasteiger partial charge in [-0.2, -0.15) is 0 Å². The van der Waals surface area contributed by atoms with Gasteiger partial charge in [-0.3, -0.25) is 9.69 Å². The first-order valence-electron chi connectivity index (χ1n) is 10.1. The maximum atomic E-state index is 12.7. The van der Waals surface area contributed by atoms with Crippen LogP contribution in [0.25, 0.3) is 0 Å². The first kappa shape index (κ1) is 20.3. The molecule has 3 heterocycles. The fraction of sp³-hybridized carbons (Fsp3) is 0.800. The summed E-state index contributed by atoms with van der Waals surface area (Å²) in [6, 6.07) is 0. The van der Waals surface area contributed by atoms with E-state index in [2.05, 4.69) is 23.9 Å². The Labute approximate surface area is 161 Å². The maximum Gasteiger partial charge on any atom is 0.222 e. The molecule has 2 aliphatic heterocycles. The number of hydrogen-bond donors (Lipinski definition) is 1. The third-order valence-electron chi connectivity index (χ3n) is 5.92. The summed E-state index contributed by atoms with van der Waals surface area (Å²) in [5, 5.41) is 13.8. The molecular weight excluding hydrogens is 346 g/mol. The molecule has 1 aromatic heterocycles. The number of rotatable bonds is 6. The van der Waals surface area contributed by atoms with Gasteiger partial charge in [0.15, 0.2) is 0 Å². The molecule has 7 heteroatoms. The fourth-order valence-electron chi connectivity index (χ4n) is 4.57. The normalized spacial score (nSPS) is 29.4. The Balaban J connectivity index is 1.54. The molecule has 4 atom stereocenters. The van der Waals surface area contributed by atoms with Gasteiger partial charge in [-0.1, -0.05) is 5.16 Å². The van der Waals surface area contributed by atoms with E-state index < -0.39 is 0 Å². The predicted molar refractivity (Wildman–Crippen MR) is 101 cm³/mol. The van der Waals surface area contributed by atoms with E-state index in [1.165, 1.54) is 0 Å². The van der Waals surface area contributed by atoms with E-state index in [0.717, 1.165) is 43.2 Å². The molecule has 0 saturated carbocycles. The van der Waals surface area contributed by atoms with Gasteiger partial charge in [0.2, 0.25) is 5.91 Å². The highest BCUT2D eigenvalue weighted by molar-refractivity contribution is 5.76. The molecule has 1 N–H and O–H groups in total. The summed E-state index contributed by atoms with van der Waals surface area (Å²) in [7, 11) is 0. The van der Waals surface area contributed by atoms with E-state index in [9.17, 15) is 9.90 Å².